The van der Waals surface area contributed by atoms with Gasteiger partial charge in [-0.05, 0) is 12.8 Å². The van der Waals surface area contributed by atoms with Crippen LogP contribution in [0.2, 0.25) is 0 Å². The molecule has 0 amide bonds. The second-order valence-corrected chi connectivity index (χ2v) is 4.36. The molecule has 83 valence electrons. The van der Waals surface area contributed by atoms with Gasteiger partial charge in [0.2, 0.25) is 0 Å². The van der Waals surface area contributed by atoms with Crippen molar-refractivity contribution in [2.24, 2.45) is 0 Å². The van der Waals surface area contributed by atoms with Crippen molar-refractivity contribution in [1.29, 1.82) is 0 Å². The summed E-state index contributed by atoms with van der Waals surface area (Å²) in [5, 5.41) is 0. The molecule has 0 spiro atoms. The van der Waals surface area contributed by atoms with Crippen LogP contribution in [0.5, 0.6) is 0 Å². The minimum atomic E-state index is 1.07. The third-order valence-electron chi connectivity index (χ3n) is 2.99. The van der Waals surface area contributed by atoms with Crippen molar-refractivity contribution in [1.82, 2.24) is 0 Å². The molecule has 0 nitrogen and oxygen atoms in total. The van der Waals surface area contributed by atoms with Crippen LogP contribution in [0.15, 0.2) is 12.7 Å². The zero-order valence-corrected chi connectivity index (χ0v) is 9.86. The van der Waals surface area contributed by atoms with Crippen LogP contribution in [0.25, 0.3) is 0 Å². The molecule has 0 saturated heterocycles. The third kappa shape index (κ3) is 6.39. The van der Waals surface area contributed by atoms with Gasteiger partial charge in [-0.2, -0.15) is 0 Å². The fraction of sp³-hybridized carbons (Fsp3) is 0.667. The van der Waals surface area contributed by atoms with Crippen molar-refractivity contribution < 1.29 is 0 Å². The highest BCUT2D eigenvalue weighted by Gasteiger charge is 2.01. The smallest absolute Gasteiger partial charge is 0.0691 e. The van der Waals surface area contributed by atoms with Gasteiger partial charge in [0.1, 0.15) is 0 Å². The maximum absolute atomic E-state index is 3.83. The lowest BCUT2D eigenvalue weighted by atomic mass is 10.0. The fourth-order valence-electron chi connectivity index (χ4n) is 1.98. The van der Waals surface area contributed by atoms with E-state index in [1.807, 2.05) is 6.08 Å². The standard InChI is InChI=1S/C15H23/c1-2-15-13-11-9-7-5-3-4-6-8-10-12-14-15/h2H,1,3-11,13H2. The van der Waals surface area contributed by atoms with Crippen molar-refractivity contribution in [3.8, 4) is 11.8 Å². The summed E-state index contributed by atoms with van der Waals surface area (Å²) in [6, 6.07) is 0. The zero-order chi connectivity index (χ0) is 10.8. The Balaban J connectivity index is 2.33. The van der Waals surface area contributed by atoms with Crippen molar-refractivity contribution in [2.45, 2.75) is 64.2 Å². The normalized spacial score (nSPS) is 21.3. The van der Waals surface area contributed by atoms with E-state index in [9.17, 15) is 0 Å². The van der Waals surface area contributed by atoms with Crippen LogP contribution in [0.3, 0.4) is 0 Å². The Morgan fingerprint density at radius 2 is 1.47 bits per heavy atom. The molecule has 0 heterocycles. The maximum Gasteiger partial charge on any atom is 0.0691 e. The Labute approximate surface area is 95.2 Å². The van der Waals surface area contributed by atoms with E-state index in [0.29, 0.717) is 0 Å². The van der Waals surface area contributed by atoms with Crippen LogP contribution in [0.4, 0.5) is 0 Å². The van der Waals surface area contributed by atoms with E-state index in [2.05, 4.69) is 18.4 Å². The highest BCUT2D eigenvalue weighted by Crippen LogP contribution is 2.16. The molecule has 0 fully saturated rings. The van der Waals surface area contributed by atoms with Gasteiger partial charge in [0.15, 0.2) is 0 Å². The predicted molar refractivity (Wildman–Crippen MR) is 67.4 cm³/mol. The van der Waals surface area contributed by atoms with Crippen LogP contribution >= 0.6 is 0 Å². The maximum atomic E-state index is 3.83. The number of allylic oxidation sites excluding steroid dienone is 1. The average Bonchev–Trinajstić information content (AvgIpc) is 2.29. The minimum Gasteiger partial charge on any atom is -0.102 e. The molecule has 1 aliphatic rings. The zero-order valence-electron chi connectivity index (χ0n) is 9.86. The van der Waals surface area contributed by atoms with Gasteiger partial charge in [0.25, 0.3) is 0 Å². The van der Waals surface area contributed by atoms with Crippen LogP contribution < -0.4 is 0 Å². The molecule has 0 aromatic carbocycles. The van der Waals surface area contributed by atoms with E-state index in [1.54, 1.807) is 0 Å². The molecule has 0 unspecified atom stereocenters. The molecule has 0 aromatic heterocycles. The molecule has 1 radical (unpaired) electrons. The summed E-state index contributed by atoms with van der Waals surface area (Å²) in [4.78, 5) is 0. The molecule has 15 heavy (non-hydrogen) atoms. The van der Waals surface area contributed by atoms with Gasteiger partial charge in [-0.3, -0.25) is 0 Å². The Morgan fingerprint density at radius 3 is 2.13 bits per heavy atom. The summed E-state index contributed by atoms with van der Waals surface area (Å²) in [6.45, 7) is 3.83. The van der Waals surface area contributed by atoms with Crippen molar-refractivity contribution in [3.63, 3.8) is 0 Å². The van der Waals surface area contributed by atoms with E-state index in [4.69, 9.17) is 0 Å². The van der Waals surface area contributed by atoms with Crippen LogP contribution in [-0.2, 0) is 0 Å². The van der Waals surface area contributed by atoms with Gasteiger partial charge in [-0.25, -0.2) is 0 Å². The van der Waals surface area contributed by atoms with Gasteiger partial charge in [0.05, 0.1) is 5.92 Å². The minimum absolute atomic E-state index is 1.07. The van der Waals surface area contributed by atoms with Crippen molar-refractivity contribution >= 4 is 0 Å². The lowest BCUT2D eigenvalue weighted by molar-refractivity contribution is 0.569. The van der Waals surface area contributed by atoms with Crippen LogP contribution in [0.1, 0.15) is 64.2 Å². The largest absolute Gasteiger partial charge is 0.102 e. The van der Waals surface area contributed by atoms with Gasteiger partial charge in [-0.15, -0.1) is 12.5 Å². The Kier molecular flexibility index (Phi) is 7.09. The Bertz CT molecular complexity index is 216. The molecule has 0 atom stereocenters. The summed E-state index contributed by atoms with van der Waals surface area (Å²) < 4.78 is 0. The topological polar surface area (TPSA) is 0 Å². The fourth-order valence-corrected chi connectivity index (χ4v) is 1.98. The van der Waals surface area contributed by atoms with E-state index in [0.717, 1.165) is 12.8 Å². The monoisotopic (exact) mass is 203 g/mol. The number of hydrogen-bond donors (Lipinski definition) is 0. The SMILES string of the molecule is C=C[C]1C#CCCCCCCCCCC1. The highest BCUT2D eigenvalue weighted by atomic mass is 14.0. The van der Waals surface area contributed by atoms with Crippen molar-refractivity contribution in [2.75, 3.05) is 0 Å². The molecule has 0 bridgehead atoms. The lowest BCUT2D eigenvalue weighted by Gasteiger charge is -2.03. The van der Waals surface area contributed by atoms with Gasteiger partial charge in [0, 0.05) is 6.42 Å². The van der Waals surface area contributed by atoms with Gasteiger partial charge < -0.3 is 0 Å². The first-order valence-corrected chi connectivity index (χ1v) is 6.40. The summed E-state index contributed by atoms with van der Waals surface area (Å²) >= 11 is 0. The molecular weight excluding hydrogens is 180 g/mol. The molecule has 0 aromatic rings. The molecular formula is C15H23. The Hall–Kier alpha value is -0.700. The van der Waals surface area contributed by atoms with Crippen molar-refractivity contribution in [3.05, 3.63) is 18.6 Å². The molecule has 0 N–H and O–H groups in total. The summed E-state index contributed by atoms with van der Waals surface area (Å²) in [5.74, 6) is 7.77. The number of hydrogen-bond acceptors (Lipinski definition) is 0. The first-order chi connectivity index (χ1) is 7.43. The van der Waals surface area contributed by atoms with Gasteiger partial charge in [-0.1, -0.05) is 56.9 Å². The predicted octanol–water partition coefficient (Wildman–Crippen LogP) is 4.66. The van der Waals surface area contributed by atoms with E-state index >= 15 is 0 Å². The molecule has 0 heteroatoms. The molecule has 0 saturated carbocycles. The summed E-state index contributed by atoms with van der Waals surface area (Å²) in [7, 11) is 0. The highest BCUT2D eigenvalue weighted by molar-refractivity contribution is 5.29. The van der Waals surface area contributed by atoms with Crippen LogP contribution in [-0.4, -0.2) is 0 Å². The van der Waals surface area contributed by atoms with E-state index < -0.39 is 0 Å². The number of rotatable bonds is 1. The van der Waals surface area contributed by atoms with Crippen LogP contribution in [0, 0.1) is 17.8 Å². The van der Waals surface area contributed by atoms with Gasteiger partial charge >= 0.3 is 0 Å². The second-order valence-electron chi connectivity index (χ2n) is 4.36. The van der Waals surface area contributed by atoms with E-state index in [1.165, 1.54) is 57.3 Å². The van der Waals surface area contributed by atoms with E-state index in [-0.39, 0.29) is 0 Å². The lowest BCUT2D eigenvalue weighted by Crippen LogP contribution is -1.89. The quantitative estimate of drug-likeness (QED) is 0.543. The average molecular weight is 203 g/mol. The molecule has 0 aliphatic heterocycles. The first-order valence-electron chi connectivity index (χ1n) is 6.40. The first kappa shape index (κ1) is 12.4. The molecule has 1 rings (SSSR count). The third-order valence-corrected chi connectivity index (χ3v) is 2.99. The summed E-state index contributed by atoms with van der Waals surface area (Å²) in [6.07, 6.45) is 15.1. The summed E-state index contributed by atoms with van der Waals surface area (Å²) in [5.41, 5.74) is 0. The second kappa shape index (κ2) is 8.60. The molecule has 1 aliphatic carbocycles. The Morgan fingerprint density at radius 1 is 0.867 bits per heavy atom.